The van der Waals surface area contributed by atoms with Crippen LogP contribution < -0.4 is 5.32 Å². The van der Waals surface area contributed by atoms with E-state index in [2.05, 4.69) is 31.0 Å². The van der Waals surface area contributed by atoms with E-state index in [1.165, 1.54) is 38.6 Å². The molecular weight excluding hydrogens is 206 g/mol. The minimum Gasteiger partial charge on any atom is -0.316 e. The Bertz CT molecular complexity index is 246. The van der Waals surface area contributed by atoms with Crippen LogP contribution in [0.1, 0.15) is 59.3 Å². The van der Waals surface area contributed by atoms with E-state index in [0.29, 0.717) is 0 Å². The van der Waals surface area contributed by atoms with Crippen LogP contribution in [-0.2, 0) is 0 Å². The number of nitrogens with one attached hydrogen (secondary N) is 1. The summed E-state index contributed by atoms with van der Waals surface area (Å²) in [5.41, 5.74) is 0. The molecule has 0 spiro atoms. The lowest BCUT2D eigenvalue weighted by atomic mass is 9.85. The largest absolute Gasteiger partial charge is 0.316 e. The third-order valence-electron chi connectivity index (χ3n) is 3.82. The zero-order valence-corrected chi connectivity index (χ0v) is 11.9. The van der Waals surface area contributed by atoms with E-state index in [1.807, 2.05) is 6.92 Å². The van der Waals surface area contributed by atoms with Crippen molar-refractivity contribution in [3.05, 3.63) is 0 Å². The Balaban J connectivity index is 2.40. The molecule has 1 aliphatic rings. The molecule has 0 amide bonds. The molecular formula is C16H29N. The van der Waals surface area contributed by atoms with E-state index in [4.69, 9.17) is 0 Å². The van der Waals surface area contributed by atoms with Crippen molar-refractivity contribution in [3.63, 3.8) is 0 Å². The van der Waals surface area contributed by atoms with E-state index in [9.17, 15) is 0 Å². The standard InChI is InChI=1S/C16H29N/c1-4-5-9-15-10-7-6-8-11-16(15)13-17-12-14(2)3/h14-17H,6-13H2,1-3H3. The van der Waals surface area contributed by atoms with Crippen molar-refractivity contribution < 1.29 is 0 Å². The summed E-state index contributed by atoms with van der Waals surface area (Å²) in [6.45, 7) is 8.87. The molecule has 1 saturated carbocycles. The lowest BCUT2D eigenvalue weighted by Gasteiger charge is -2.24. The molecule has 0 saturated heterocycles. The summed E-state index contributed by atoms with van der Waals surface area (Å²) in [7, 11) is 0. The second-order valence-electron chi connectivity index (χ2n) is 5.84. The molecule has 1 heteroatoms. The van der Waals surface area contributed by atoms with E-state index >= 15 is 0 Å². The fraction of sp³-hybridized carbons (Fsp3) is 0.875. The fourth-order valence-electron chi connectivity index (χ4n) is 2.79. The molecule has 1 nitrogen and oxygen atoms in total. The SMILES string of the molecule is CC#CCC1CCCCCC1CNCC(C)C. The second-order valence-corrected chi connectivity index (χ2v) is 5.84. The van der Waals surface area contributed by atoms with Gasteiger partial charge in [0.2, 0.25) is 0 Å². The molecule has 0 radical (unpaired) electrons. The Hall–Kier alpha value is -0.480. The summed E-state index contributed by atoms with van der Waals surface area (Å²) < 4.78 is 0. The molecule has 17 heavy (non-hydrogen) atoms. The highest BCUT2D eigenvalue weighted by atomic mass is 14.9. The minimum atomic E-state index is 0.759. The Morgan fingerprint density at radius 2 is 1.82 bits per heavy atom. The Morgan fingerprint density at radius 3 is 2.47 bits per heavy atom. The van der Waals surface area contributed by atoms with Gasteiger partial charge in [0.25, 0.3) is 0 Å². The smallest absolute Gasteiger partial charge is 0.0120 e. The Labute approximate surface area is 108 Å². The maximum atomic E-state index is 3.64. The van der Waals surface area contributed by atoms with E-state index in [0.717, 1.165) is 30.7 Å². The summed E-state index contributed by atoms with van der Waals surface area (Å²) in [4.78, 5) is 0. The molecule has 2 unspecified atom stereocenters. The van der Waals surface area contributed by atoms with Crippen LogP contribution in [0.2, 0.25) is 0 Å². The van der Waals surface area contributed by atoms with E-state index < -0.39 is 0 Å². The van der Waals surface area contributed by atoms with Crippen molar-refractivity contribution in [3.8, 4) is 11.8 Å². The lowest BCUT2D eigenvalue weighted by molar-refractivity contribution is 0.300. The van der Waals surface area contributed by atoms with Crippen LogP contribution in [0.5, 0.6) is 0 Å². The maximum absolute atomic E-state index is 3.64. The van der Waals surface area contributed by atoms with Gasteiger partial charge in [0.15, 0.2) is 0 Å². The van der Waals surface area contributed by atoms with Crippen LogP contribution in [0.3, 0.4) is 0 Å². The predicted molar refractivity (Wildman–Crippen MR) is 75.8 cm³/mol. The quantitative estimate of drug-likeness (QED) is 0.564. The first-order chi connectivity index (χ1) is 8.24. The number of rotatable bonds is 5. The molecule has 0 heterocycles. The summed E-state index contributed by atoms with van der Waals surface area (Å²) in [6, 6.07) is 0. The number of hydrogen-bond acceptors (Lipinski definition) is 1. The van der Waals surface area contributed by atoms with Gasteiger partial charge >= 0.3 is 0 Å². The molecule has 0 aromatic rings. The fourth-order valence-corrected chi connectivity index (χ4v) is 2.79. The lowest BCUT2D eigenvalue weighted by Crippen LogP contribution is -2.30. The van der Waals surface area contributed by atoms with Gasteiger partial charge in [-0.25, -0.2) is 0 Å². The van der Waals surface area contributed by atoms with Gasteiger partial charge in [-0.05, 0) is 50.6 Å². The van der Waals surface area contributed by atoms with Crippen LogP contribution >= 0.6 is 0 Å². The van der Waals surface area contributed by atoms with Crippen molar-refractivity contribution in [1.29, 1.82) is 0 Å². The van der Waals surface area contributed by atoms with Crippen LogP contribution in [-0.4, -0.2) is 13.1 Å². The van der Waals surface area contributed by atoms with Gasteiger partial charge < -0.3 is 5.32 Å². The van der Waals surface area contributed by atoms with Gasteiger partial charge in [-0.1, -0.05) is 33.1 Å². The first-order valence-electron chi connectivity index (χ1n) is 7.34. The predicted octanol–water partition coefficient (Wildman–Crippen LogP) is 3.84. The van der Waals surface area contributed by atoms with Crippen molar-refractivity contribution >= 4 is 0 Å². The van der Waals surface area contributed by atoms with E-state index in [1.54, 1.807) is 0 Å². The molecule has 0 aliphatic heterocycles. The summed E-state index contributed by atoms with van der Waals surface area (Å²) in [5, 5.41) is 3.64. The second kappa shape index (κ2) is 8.59. The van der Waals surface area contributed by atoms with Gasteiger partial charge in [-0.15, -0.1) is 11.8 Å². The molecule has 98 valence electrons. The first-order valence-corrected chi connectivity index (χ1v) is 7.34. The van der Waals surface area contributed by atoms with Gasteiger partial charge in [0, 0.05) is 6.42 Å². The van der Waals surface area contributed by atoms with Gasteiger partial charge in [0.05, 0.1) is 0 Å². The normalized spacial score (nSPS) is 25.2. The molecule has 0 bridgehead atoms. The first kappa shape index (κ1) is 14.6. The van der Waals surface area contributed by atoms with Crippen molar-refractivity contribution in [2.75, 3.05) is 13.1 Å². The molecule has 0 aromatic carbocycles. The third kappa shape index (κ3) is 6.13. The zero-order chi connectivity index (χ0) is 12.5. The van der Waals surface area contributed by atoms with Gasteiger partial charge in [-0.3, -0.25) is 0 Å². The zero-order valence-electron chi connectivity index (χ0n) is 11.9. The summed E-state index contributed by atoms with van der Waals surface area (Å²) in [5.74, 6) is 8.81. The summed E-state index contributed by atoms with van der Waals surface area (Å²) in [6.07, 6.45) is 8.17. The molecule has 1 rings (SSSR count). The average Bonchev–Trinajstić information content (AvgIpc) is 2.51. The summed E-state index contributed by atoms with van der Waals surface area (Å²) >= 11 is 0. The van der Waals surface area contributed by atoms with E-state index in [-0.39, 0.29) is 0 Å². The molecule has 2 atom stereocenters. The van der Waals surface area contributed by atoms with Gasteiger partial charge in [-0.2, -0.15) is 0 Å². The van der Waals surface area contributed by atoms with Crippen molar-refractivity contribution in [2.24, 2.45) is 17.8 Å². The Morgan fingerprint density at radius 1 is 1.12 bits per heavy atom. The highest BCUT2D eigenvalue weighted by Gasteiger charge is 2.22. The van der Waals surface area contributed by atoms with Crippen LogP contribution in [0.4, 0.5) is 0 Å². The highest BCUT2D eigenvalue weighted by Crippen LogP contribution is 2.30. The monoisotopic (exact) mass is 235 g/mol. The maximum Gasteiger partial charge on any atom is 0.0120 e. The van der Waals surface area contributed by atoms with Crippen molar-refractivity contribution in [1.82, 2.24) is 5.32 Å². The van der Waals surface area contributed by atoms with Crippen molar-refractivity contribution in [2.45, 2.75) is 59.3 Å². The van der Waals surface area contributed by atoms with Crippen LogP contribution in [0.25, 0.3) is 0 Å². The number of hydrogen-bond donors (Lipinski definition) is 1. The van der Waals surface area contributed by atoms with Crippen LogP contribution in [0.15, 0.2) is 0 Å². The molecule has 1 N–H and O–H groups in total. The van der Waals surface area contributed by atoms with Crippen LogP contribution in [0, 0.1) is 29.6 Å². The highest BCUT2D eigenvalue weighted by molar-refractivity contribution is 4.98. The minimum absolute atomic E-state index is 0.759. The topological polar surface area (TPSA) is 12.0 Å². The molecule has 0 aromatic heterocycles. The van der Waals surface area contributed by atoms with Gasteiger partial charge in [0.1, 0.15) is 0 Å². The molecule has 1 fully saturated rings. The average molecular weight is 235 g/mol. The molecule has 1 aliphatic carbocycles. The Kier molecular flexibility index (Phi) is 7.37. The third-order valence-corrected chi connectivity index (χ3v) is 3.82.